The Kier molecular flexibility index (Phi) is 7.29. The normalized spacial score (nSPS) is 11.4. The van der Waals surface area contributed by atoms with Gasteiger partial charge in [-0.3, -0.25) is 19.7 Å². The maximum absolute atomic E-state index is 13.0. The molecule has 0 heterocycles. The summed E-state index contributed by atoms with van der Waals surface area (Å²) in [5.74, 6) is -1.58. The Morgan fingerprint density at radius 2 is 1.75 bits per heavy atom. The molecule has 2 amide bonds. The average molecular weight is 474 g/mol. The summed E-state index contributed by atoms with van der Waals surface area (Å²) in [6, 6.07) is 15.6. The first-order valence-electron chi connectivity index (χ1n) is 9.32. The van der Waals surface area contributed by atoms with Gasteiger partial charge in [0.15, 0.2) is 0 Å². The second-order valence-corrected chi connectivity index (χ2v) is 7.63. The summed E-state index contributed by atoms with van der Waals surface area (Å²) in [5.41, 5.74) is 0.619. The van der Waals surface area contributed by atoms with Gasteiger partial charge in [0.25, 0.3) is 11.6 Å². The molecule has 0 aliphatic rings. The zero-order valence-corrected chi connectivity index (χ0v) is 17.9. The zero-order chi connectivity index (χ0) is 23.3. The molecule has 3 aromatic rings. The van der Waals surface area contributed by atoms with Crippen LogP contribution < -0.4 is 10.6 Å². The van der Waals surface area contributed by atoms with Crippen LogP contribution in [0.3, 0.4) is 0 Å². The number of nitro benzene ring substituents is 1. The maximum atomic E-state index is 13.0. The van der Waals surface area contributed by atoms with Gasteiger partial charge in [-0.1, -0.05) is 53.5 Å². The van der Waals surface area contributed by atoms with Crippen LogP contribution in [-0.4, -0.2) is 27.9 Å². The van der Waals surface area contributed by atoms with Crippen LogP contribution in [0.2, 0.25) is 10.0 Å². The van der Waals surface area contributed by atoms with Crippen molar-refractivity contribution in [2.75, 3.05) is 5.32 Å². The number of hydrogen-bond acceptors (Lipinski definition) is 5. The summed E-state index contributed by atoms with van der Waals surface area (Å²) >= 11 is 12.0. The Balaban J connectivity index is 1.85. The molecule has 3 rings (SSSR count). The number of benzene rings is 3. The number of anilines is 1. The molecule has 0 spiro atoms. The standard InChI is InChI=1S/C22H17Cl2N3O5/c23-14-6-9-20(28)16(11-14)21(29)26-19(10-13-4-2-1-3-5-13)22(30)25-18-8-7-15(27(31)32)12-17(18)24/h1-9,11-12,19,28H,10H2,(H,25,30)(H,26,29)/t19-/m1/s1. The first kappa shape index (κ1) is 23.1. The molecule has 10 heteroatoms. The molecule has 0 fully saturated rings. The SMILES string of the molecule is O=C(N[C@H](Cc1ccccc1)C(=O)Nc1ccc([N+](=O)[O-])cc1Cl)c1cc(Cl)ccc1O. The number of aromatic hydroxyl groups is 1. The topological polar surface area (TPSA) is 122 Å². The van der Waals surface area contributed by atoms with Crippen molar-refractivity contribution in [3.05, 3.63) is 98.0 Å². The lowest BCUT2D eigenvalue weighted by molar-refractivity contribution is -0.384. The van der Waals surface area contributed by atoms with Gasteiger partial charge in [0.05, 0.1) is 21.2 Å². The lowest BCUT2D eigenvalue weighted by atomic mass is 10.0. The number of phenolic OH excluding ortho intramolecular Hbond substituents is 1. The van der Waals surface area contributed by atoms with E-state index in [2.05, 4.69) is 10.6 Å². The fraction of sp³-hybridized carbons (Fsp3) is 0.0909. The van der Waals surface area contributed by atoms with Gasteiger partial charge in [0.1, 0.15) is 11.8 Å². The first-order chi connectivity index (χ1) is 15.2. The average Bonchev–Trinajstić information content (AvgIpc) is 2.76. The van der Waals surface area contributed by atoms with Crippen LogP contribution >= 0.6 is 23.2 Å². The molecule has 3 aromatic carbocycles. The first-order valence-corrected chi connectivity index (χ1v) is 10.1. The number of nitrogens with zero attached hydrogens (tertiary/aromatic N) is 1. The van der Waals surface area contributed by atoms with Crippen LogP contribution in [0, 0.1) is 10.1 Å². The number of nitro groups is 1. The molecule has 0 radical (unpaired) electrons. The molecule has 0 unspecified atom stereocenters. The predicted octanol–water partition coefficient (Wildman–Crippen LogP) is 4.59. The molecule has 0 saturated carbocycles. The van der Waals surface area contributed by atoms with Crippen molar-refractivity contribution in [2.45, 2.75) is 12.5 Å². The Labute approximate surface area is 192 Å². The second kappa shape index (κ2) is 10.1. The van der Waals surface area contributed by atoms with Crippen LogP contribution in [-0.2, 0) is 11.2 Å². The van der Waals surface area contributed by atoms with Crippen LogP contribution in [0.25, 0.3) is 0 Å². The number of non-ortho nitro benzene ring substituents is 1. The van der Waals surface area contributed by atoms with Crippen molar-refractivity contribution in [3.63, 3.8) is 0 Å². The fourth-order valence-electron chi connectivity index (χ4n) is 2.92. The maximum Gasteiger partial charge on any atom is 0.271 e. The van der Waals surface area contributed by atoms with Gasteiger partial charge >= 0.3 is 0 Å². The molecule has 0 aliphatic heterocycles. The number of rotatable bonds is 7. The molecule has 3 N–H and O–H groups in total. The molecule has 0 aromatic heterocycles. The number of carbonyl (C=O) groups excluding carboxylic acids is 2. The fourth-order valence-corrected chi connectivity index (χ4v) is 3.32. The van der Waals surface area contributed by atoms with E-state index in [1.165, 1.54) is 30.3 Å². The van der Waals surface area contributed by atoms with E-state index in [0.29, 0.717) is 0 Å². The van der Waals surface area contributed by atoms with Crippen molar-refractivity contribution in [1.29, 1.82) is 0 Å². The number of amides is 2. The van der Waals surface area contributed by atoms with Gasteiger partial charge in [0, 0.05) is 23.6 Å². The van der Waals surface area contributed by atoms with Crippen LogP contribution in [0.5, 0.6) is 5.75 Å². The van der Waals surface area contributed by atoms with E-state index in [4.69, 9.17) is 23.2 Å². The van der Waals surface area contributed by atoms with Crippen molar-refractivity contribution >= 4 is 46.4 Å². The minimum Gasteiger partial charge on any atom is -0.507 e. The summed E-state index contributed by atoms with van der Waals surface area (Å²) < 4.78 is 0. The molecule has 0 aliphatic carbocycles. The highest BCUT2D eigenvalue weighted by molar-refractivity contribution is 6.34. The third kappa shape index (κ3) is 5.75. The Morgan fingerprint density at radius 3 is 2.41 bits per heavy atom. The van der Waals surface area contributed by atoms with E-state index in [1.807, 2.05) is 6.07 Å². The van der Waals surface area contributed by atoms with Gasteiger partial charge in [-0.15, -0.1) is 0 Å². The summed E-state index contributed by atoms with van der Waals surface area (Å²) in [4.78, 5) is 36.0. The van der Waals surface area contributed by atoms with Crippen LogP contribution in [0.15, 0.2) is 66.7 Å². The van der Waals surface area contributed by atoms with E-state index in [9.17, 15) is 24.8 Å². The Bertz CT molecular complexity index is 1170. The van der Waals surface area contributed by atoms with Crippen LogP contribution in [0.4, 0.5) is 11.4 Å². The van der Waals surface area contributed by atoms with Gasteiger partial charge in [-0.2, -0.15) is 0 Å². The Morgan fingerprint density at radius 1 is 1.03 bits per heavy atom. The highest BCUT2D eigenvalue weighted by atomic mass is 35.5. The van der Waals surface area contributed by atoms with Crippen LogP contribution in [0.1, 0.15) is 15.9 Å². The number of nitrogens with one attached hydrogen (secondary N) is 2. The third-order valence-electron chi connectivity index (χ3n) is 4.53. The lowest BCUT2D eigenvalue weighted by Crippen LogP contribution is -2.45. The second-order valence-electron chi connectivity index (χ2n) is 6.79. The third-order valence-corrected chi connectivity index (χ3v) is 5.08. The van der Waals surface area contributed by atoms with Gasteiger partial charge in [0.2, 0.25) is 5.91 Å². The number of hydrogen-bond donors (Lipinski definition) is 3. The van der Waals surface area contributed by atoms with E-state index >= 15 is 0 Å². The van der Waals surface area contributed by atoms with E-state index in [1.54, 1.807) is 24.3 Å². The van der Waals surface area contributed by atoms with Gasteiger partial charge in [-0.05, 0) is 29.8 Å². The quantitative estimate of drug-likeness (QED) is 0.342. The number of carbonyl (C=O) groups is 2. The van der Waals surface area contributed by atoms with Crippen molar-refractivity contribution < 1.29 is 19.6 Å². The van der Waals surface area contributed by atoms with E-state index in [0.717, 1.165) is 11.6 Å². The predicted molar refractivity (Wildman–Crippen MR) is 121 cm³/mol. The minimum absolute atomic E-state index is 0.0233. The van der Waals surface area contributed by atoms with E-state index in [-0.39, 0.29) is 39.2 Å². The number of phenols is 1. The summed E-state index contributed by atoms with van der Waals surface area (Å²) in [5, 5.41) is 26.3. The highest BCUT2D eigenvalue weighted by Crippen LogP contribution is 2.27. The molecule has 0 saturated heterocycles. The lowest BCUT2D eigenvalue weighted by Gasteiger charge is -2.19. The van der Waals surface area contributed by atoms with Crippen molar-refractivity contribution in [3.8, 4) is 5.75 Å². The molecular formula is C22H17Cl2N3O5. The number of halogens is 2. The molecule has 8 nitrogen and oxygen atoms in total. The van der Waals surface area contributed by atoms with Crippen molar-refractivity contribution in [2.24, 2.45) is 0 Å². The molecular weight excluding hydrogens is 457 g/mol. The Hall–Kier alpha value is -3.62. The summed E-state index contributed by atoms with van der Waals surface area (Å²) in [6.07, 6.45) is 0.143. The smallest absolute Gasteiger partial charge is 0.271 e. The zero-order valence-electron chi connectivity index (χ0n) is 16.4. The van der Waals surface area contributed by atoms with Gasteiger partial charge < -0.3 is 15.7 Å². The minimum atomic E-state index is -1.05. The molecule has 1 atom stereocenters. The highest BCUT2D eigenvalue weighted by Gasteiger charge is 2.24. The molecule has 32 heavy (non-hydrogen) atoms. The largest absolute Gasteiger partial charge is 0.507 e. The monoisotopic (exact) mass is 473 g/mol. The molecule has 164 valence electrons. The van der Waals surface area contributed by atoms with Crippen molar-refractivity contribution in [1.82, 2.24) is 5.32 Å². The van der Waals surface area contributed by atoms with E-state index < -0.39 is 22.8 Å². The summed E-state index contributed by atoms with van der Waals surface area (Å²) in [6.45, 7) is 0. The molecule has 0 bridgehead atoms. The van der Waals surface area contributed by atoms with Gasteiger partial charge in [-0.25, -0.2) is 0 Å². The summed E-state index contributed by atoms with van der Waals surface area (Å²) in [7, 11) is 0.